The lowest BCUT2D eigenvalue weighted by Crippen LogP contribution is -2.43. The largest absolute Gasteiger partial charge is 0.348 e. The first-order valence-corrected chi connectivity index (χ1v) is 11.1. The van der Waals surface area contributed by atoms with E-state index in [1.54, 1.807) is 22.9 Å². The van der Waals surface area contributed by atoms with Crippen molar-refractivity contribution in [1.29, 1.82) is 0 Å². The van der Waals surface area contributed by atoms with E-state index in [9.17, 15) is 9.59 Å². The number of hydrogen-bond acceptors (Lipinski definition) is 4. The molecule has 1 aromatic heterocycles. The first-order valence-electron chi connectivity index (χ1n) is 11.1. The highest BCUT2D eigenvalue weighted by Gasteiger charge is 2.15. The topological polar surface area (TPSA) is 57.6 Å². The van der Waals surface area contributed by atoms with Crippen LogP contribution < -0.4 is 10.9 Å². The second kappa shape index (κ2) is 10.4. The quantitative estimate of drug-likeness (QED) is 0.626. The molecule has 1 aliphatic rings. The number of rotatable bonds is 7. The van der Waals surface area contributed by atoms with Gasteiger partial charge in [-0.1, -0.05) is 54.6 Å². The summed E-state index contributed by atoms with van der Waals surface area (Å²) in [7, 11) is 2.16. The zero-order valence-corrected chi connectivity index (χ0v) is 18.5. The Bertz CT molecular complexity index is 1100. The van der Waals surface area contributed by atoms with Crippen molar-refractivity contribution in [2.24, 2.45) is 0 Å². The molecule has 0 aliphatic carbocycles. The van der Waals surface area contributed by atoms with Crippen LogP contribution in [0.1, 0.15) is 27.0 Å². The summed E-state index contributed by atoms with van der Waals surface area (Å²) in [5.41, 5.74) is 3.18. The third-order valence-electron chi connectivity index (χ3n) is 5.91. The lowest BCUT2D eigenvalue weighted by Gasteiger charge is -2.32. The number of benzene rings is 2. The second-order valence-electron chi connectivity index (χ2n) is 8.42. The fourth-order valence-corrected chi connectivity index (χ4v) is 3.99. The van der Waals surface area contributed by atoms with Crippen LogP contribution >= 0.6 is 0 Å². The molecule has 6 nitrogen and oxygen atoms in total. The number of hydrogen-bond donors (Lipinski definition) is 1. The predicted octanol–water partition coefficient (Wildman–Crippen LogP) is 2.57. The van der Waals surface area contributed by atoms with Crippen molar-refractivity contribution in [1.82, 2.24) is 19.7 Å². The van der Waals surface area contributed by atoms with Gasteiger partial charge in [0.1, 0.15) is 5.56 Å². The van der Waals surface area contributed by atoms with Crippen LogP contribution in [0.3, 0.4) is 0 Å². The van der Waals surface area contributed by atoms with Crippen LogP contribution in [0.15, 0.2) is 77.7 Å². The van der Waals surface area contributed by atoms with Crippen molar-refractivity contribution in [3.8, 4) is 0 Å². The Morgan fingerprint density at radius 3 is 2.34 bits per heavy atom. The molecule has 0 spiro atoms. The molecule has 1 saturated heterocycles. The maximum Gasteiger partial charge on any atom is 0.263 e. The minimum atomic E-state index is -0.345. The van der Waals surface area contributed by atoms with Gasteiger partial charge in [-0.3, -0.25) is 14.5 Å². The van der Waals surface area contributed by atoms with E-state index in [1.807, 2.05) is 42.5 Å². The Kier molecular flexibility index (Phi) is 7.14. The van der Waals surface area contributed by atoms with E-state index in [1.165, 1.54) is 5.56 Å². The third-order valence-corrected chi connectivity index (χ3v) is 5.91. The Balaban J connectivity index is 1.38. The van der Waals surface area contributed by atoms with Gasteiger partial charge in [-0.25, -0.2) is 0 Å². The van der Waals surface area contributed by atoms with E-state index in [0.717, 1.165) is 43.9 Å². The van der Waals surface area contributed by atoms with E-state index < -0.39 is 0 Å². The van der Waals surface area contributed by atoms with Crippen molar-refractivity contribution in [3.05, 3.63) is 106 Å². The maximum atomic E-state index is 12.8. The van der Waals surface area contributed by atoms with Crippen LogP contribution in [0.4, 0.5) is 0 Å². The Morgan fingerprint density at radius 2 is 1.56 bits per heavy atom. The van der Waals surface area contributed by atoms with Gasteiger partial charge >= 0.3 is 0 Å². The van der Waals surface area contributed by atoms with E-state index in [-0.39, 0.29) is 17.0 Å². The average molecular weight is 431 g/mol. The number of aromatic nitrogens is 1. The SMILES string of the molecule is CN1CCN(Cc2cccc(CNC(=O)c3cccn(Cc4ccccc4)c3=O)c2)CC1. The van der Waals surface area contributed by atoms with E-state index in [4.69, 9.17) is 0 Å². The highest BCUT2D eigenvalue weighted by Crippen LogP contribution is 2.11. The molecule has 0 unspecified atom stereocenters. The van der Waals surface area contributed by atoms with Crippen LogP contribution in [-0.2, 0) is 19.6 Å². The molecule has 2 heterocycles. The average Bonchev–Trinajstić information content (AvgIpc) is 2.81. The number of carbonyl (C=O) groups excluding carboxylic acids is 1. The van der Waals surface area contributed by atoms with E-state index >= 15 is 0 Å². The Morgan fingerprint density at radius 1 is 0.844 bits per heavy atom. The molecule has 1 fully saturated rings. The number of piperazine rings is 1. The van der Waals surface area contributed by atoms with Crippen LogP contribution in [0.2, 0.25) is 0 Å². The molecule has 0 atom stereocenters. The van der Waals surface area contributed by atoms with Crippen LogP contribution in [-0.4, -0.2) is 53.5 Å². The maximum absolute atomic E-state index is 12.8. The molecule has 6 heteroatoms. The molecule has 0 saturated carbocycles. The fraction of sp³-hybridized carbons (Fsp3) is 0.308. The highest BCUT2D eigenvalue weighted by atomic mass is 16.2. The zero-order valence-electron chi connectivity index (χ0n) is 18.5. The summed E-state index contributed by atoms with van der Waals surface area (Å²) in [6.45, 7) is 6.07. The van der Waals surface area contributed by atoms with Crippen molar-refractivity contribution in [2.45, 2.75) is 19.6 Å². The normalized spacial score (nSPS) is 14.9. The summed E-state index contributed by atoms with van der Waals surface area (Å²) in [6.07, 6.45) is 1.72. The summed E-state index contributed by atoms with van der Waals surface area (Å²) in [5.74, 6) is -0.345. The number of likely N-dealkylation sites (N-methyl/N-ethyl adjacent to an activating group) is 1. The molecule has 166 valence electrons. The molecule has 32 heavy (non-hydrogen) atoms. The van der Waals surface area contributed by atoms with Crippen molar-refractivity contribution >= 4 is 5.91 Å². The van der Waals surface area contributed by atoms with Crippen molar-refractivity contribution in [3.63, 3.8) is 0 Å². The number of nitrogens with one attached hydrogen (secondary N) is 1. The number of nitrogens with zero attached hydrogens (tertiary/aromatic N) is 3. The molecule has 0 radical (unpaired) electrons. The van der Waals surface area contributed by atoms with Gasteiger partial charge in [0.2, 0.25) is 0 Å². The third kappa shape index (κ3) is 5.72. The molecule has 1 amide bonds. The van der Waals surface area contributed by atoms with Gasteiger partial charge in [-0.15, -0.1) is 0 Å². The van der Waals surface area contributed by atoms with Gasteiger partial charge in [0.05, 0.1) is 6.54 Å². The van der Waals surface area contributed by atoms with Crippen LogP contribution in [0, 0.1) is 0 Å². The molecule has 4 rings (SSSR count). The summed E-state index contributed by atoms with van der Waals surface area (Å²) in [6, 6.07) is 21.4. The van der Waals surface area contributed by atoms with Gasteiger partial charge < -0.3 is 14.8 Å². The molecule has 3 aromatic rings. The van der Waals surface area contributed by atoms with Gasteiger partial charge in [-0.2, -0.15) is 0 Å². The molecule has 0 bridgehead atoms. The summed E-state index contributed by atoms with van der Waals surface area (Å²) in [4.78, 5) is 30.4. The Hall–Kier alpha value is -3.22. The van der Waals surface area contributed by atoms with Crippen LogP contribution in [0.25, 0.3) is 0 Å². The predicted molar refractivity (Wildman–Crippen MR) is 127 cm³/mol. The fourth-order valence-electron chi connectivity index (χ4n) is 3.99. The van der Waals surface area contributed by atoms with Crippen LogP contribution in [0.5, 0.6) is 0 Å². The van der Waals surface area contributed by atoms with E-state index in [2.05, 4.69) is 34.3 Å². The van der Waals surface area contributed by atoms with Gasteiger partial charge in [-0.05, 0) is 35.9 Å². The summed E-state index contributed by atoms with van der Waals surface area (Å²) >= 11 is 0. The lowest BCUT2D eigenvalue weighted by molar-refractivity contribution is 0.0948. The van der Waals surface area contributed by atoms with Gasteiger partial charge in [0, 0.05) is 45.5 Å². The first-order chi connectivity index (χ1) is 15.6. The minimum absolute atomic E-state index is 0.164. The Labute approximate surface area is 189 Å². The zero-order chi connectivity index (χ0) is 22.3. The molecular weight excluding hydrogens is 400 g/mol. The highest BCUT2D eigenvalue weighted by molar-refractivity contribution is 5.93. The monoisotopic (exact) mass is 430 g/mol. The van der Waals surface area contributed by atoms with Gasteiger partial charge in [0.25, 0.3) is 11.5 Å². The number of carbonyl (C=O) groups is 1. The minimum Gasteiger partial charge on any atom is -0.348 e. The lowest BCUT2D eigenvalue weighted by atomic mass is 10.1. The molecular formula is C26H30N4O2. The first kappa shape index (κ1) is 22.0. The standard InChI is InChI=1S/C26H30N4O2/c1-28-13-15-29(16-14-28)19-23-10-5-9-22(17-23)18-27-25(31)24-11-6-12-30(26(24)32)20-21-7-3-2-4-8-21/h2-12,17H,13-16,18-20H2,1H3,(H,27,31). The second-order valence-corrected chi connectivity index (χ2v) is 8.42. The number of pyridine rings is 1. The molecule has 1 aliphatic heterocycles. The molecule has 2 aromatic carbocycles. The summed E-state index contributed by atoms with van der Waals surface area (Å²) in [5, 5.41) is 2.91. The van der Waals surface area contributed by atoms with Crippen molar-refractivity contribution in [2.75, 3.05) is 33.2 Å². The number of amides is 1. The van der Waals surface area contributed by atoms with E-state index in [0.29, 0.717) is 13.1 Å². The van der Waals surface area contributed by atoms with Crippen molar-refractivity contribution < 1.29 is 4.79 Å². The summed E-state index contributed by atoms with van der Waals surface area (Å²) < 4.78 is 1.57. The smallest absolute Gasteiger partial charge is 0.263 e. The molecule has 1 N–H and O–H groups in total. The van der Waals surface area contributed by atoms with Gasteiger partial charge in [0.15, 0.2) is 0 Å².